The number of aliphatic hydroxyl groups is 1. The zero-order chi connectivity index (χ0) is 19.9. The molecule has 1 aromatic carbocycles. The third-order valence-corrected chi connectivity index (χ3v) is 4.91. The standard InChI is InChI=1S/C19H24N2O6/c1-9(2)27-18(24)16-14(10-5-6-12(22)13(7-10)26-4)15-11(8-19(16,3)25)20-21-17(15)23/h5-7,9,14,16,22,25H,8H2,1-4H3,(H2,20,21,23). The summed E-state index contributed by atoms with van der Waals surface area (Å²) in [6.45, 7) is 5.00. The lowest BCUT2D eigenvalue weighted by molar-refractivity contribution is -0.163. The second-order valence-electron chi connectivity index (χ2n) is 7.38. The molecule has 146 valence electrons. The number of ether oxygens (including phenoxy) is 2. The number of rotatable bonds is 4. The topological polar surface area (TPSA) is 125 Å². The van der Waals surface area contributed by atoms with E-state index in [1.807, 2.05) is 0 Å². The number of H-pyrrole nitrogens is 2. The van der Waals surface area contributed by atoms with Gasteiger partial charge in [0.25, 0.3) is 5.56 Å². The van der Waals surface area contributed by atoms with Crippen LogP contribution >= 0.6 is 0 Å². The largest absolute Gasteiger partial charge is 0.504 e. The first-order valence-corrected chi connectivity index (χ1v) is 8.75. The molecule has 3 atom stereocenters. The summed E-state index contributed by atoms with van der Waals surface area (Å²) in [7, 11) is 1.41. The summed E-state index contributed by atoms with van der Waals surface area (Å²) in [6.07, 6.45) is -0.265. The molecular weight excluding hydrogens is 352 g/mol. The van der Waals surface area contributed by atoms with Crippen molar-refractivity contribution >= 4 is 5.97 Å². The predicted octanol–water partition coefficient (Wildman–Crippen LogP) is 1.42. The number of phenolic OH excluding ortho intramolecular Hbond substituents is 1. The number of aromatic nitrogens is 2. The van der Waals surface area contributed by atoms with Gasteiger partial charge in [-0.1, -0.05) is 6.07 Å². The summed E-state index contributed by atoms with van der Waals surface area (Å²) in [5.41, 5.74) is -0.336. The Bertz CT molecular complexity index is 911. The first-order valence-electron chi connectivity index (χ1n) is 8.75. The summed E-state index contributed by atoms with van der Waals surface area (Å²) in [6, 6.07) is 4.60. The fourth-order valence-corrected chi connectivity index (χ4v) is 3.81. The first-order chi connectivity index (χ1) is 12.7. The molecule has 1 aliphatic rings. The Labute approximate surface area is 156 Å². The maximum Gasteiger partial charge on any atom is 0.313 e. The zero-order valence-corrected chi connectivity index (χ0v) is 15.7. The van der Waals surface area contributed by atoms with Crippen molar-refractivity contribution in [2.75, 3.05) is 7.11 Å². The maximum absolute atomic E-state index is 12.9. The molecule has 2 aromatic rings. The average Bonchev–Trinajstić information content (AvgIpc) is 2.92. The van der Waals surface area contributed by atoms with Crippen molar-refractivity contribution in [3.05, 3.63) is 45.4 Å². The molecule has 0 amide bonds. The summed E-state index contributed by atoms with van der Waals surface area (Å²) in [5.74, 6) is -2.20. The van der Waals surface area contributed by atoms with E-state index in [1.54, 1.807) is 32.9 Å². The lowest BCUT2D eigenvalue weighted by Gasteiger charge is -2.40. The lowest BCUT2D eigenvalue weighted by atomic mass is 9.66. The number of hydrogen-bond acceptors (Lipinski definition) is 6. The Morgan fingerprint density at radius 1 is 1.33 bits per heavy atom. The molecule has 1 aromatic heterocycles. The number of phenols is 1. The molecule has 8 heteroatoms. The van der Waals surface area contributed by atoms with E-state index in [0.717, 1.165) is 0 Å². The third-order valence-electron chi connectivity index (χ3n) is 4.91. The van der Waals surface area contributed by atoms with Crippen molar-refractivity contribution in [2.45, 2.75) is 44.8 Å². The van der Waals surface area contributed by atoms with Gasteiger partial charge in [0.1, 0.15) is 0 Å². The first kappa shape index (κ1) is 19.0. The second kappa shape index (κ2) is 6.77. The van der Waals surface area contributed by atoms with Crippen LogP contribution in [0.5, 0.6) is 11.5 Å². The van der Waals surface area contributed by atoms with Crippen molar-refractivity contribution < 1.29 is 24.5 Å². The molecule has 3 unspecified atom stereocenters. The number of methoxy groups -OCH3 is 1. The number of benzene rings is 1. The monoisotopic (exact) mass is 376 g/mol. The average molecular weight is 376 g/mol. The third kappa shape index (κ3) is 3.32. The van der Waals surface area contributed by atoms with Gasteiger partial charge < -0.3 is 24.8 Å². The smallest absolute Gasteiger partial charge is 0.313 e. The summed E-state index contributed by atoms with van der Waals surface area (Å²) < 4.78 is 10.6. The van der Waals surface area contributed by atoms with Crippen molar-refractivity contribution in [1.82, 2.24) is 10.2 Å². The molecular formula is C19H24N2O6. The number of fused-ring (bicyclic) bond motifs is 1. The summed E-state index contributed by atoms with van der Waals surface area (Å²) >= 11 is 0. The fourth-order valence-electron chi connectivity index (χ4n) is 3.81. The highest BCUT2D eigenvalue weighted by molar-refractivity contribution is 5.77. The fraction of sp³-hybridized carbons (Fsp3) is 0.474. The van der Waals surface area contributed by atoms with Crippen molar-refractivity contribution in [3.63, 3.8) is 0 Å². The van der Waals surface area contributed by atoms with Gasteiger partial charge in [0, 0.05) is 23.6 Å². The molecule has 8 nitrogen and oxygen atoms in total. The van der Waals surface area contributed by atoms with Crippen LogP contribution < -0.4 is 10.3 Å². The van der Waals surface area contributed by atoms with Gasteiger partial charge in [-0.25, -0.2) is 0 Å². The van der Waals surface area contributed by atoms with E-state index in [2.05, 4.69) is 10.2 Å². The molecule has 27 heavy (non-hydrogen) atoms. The number of esters is 1. The van der Waals surface area contributed by atoms with Crippen LogP contribution in [0, 0.1) is 5.92 Å². The van der Waals surface area contributed by atoms with Crippen LogP contribution in [0.3, 0.4) is 0 Å². The number of carbonyl (C=O) groups excluding carboxylic acids is 1. The summed E-state index contributed by atoms with van der Waals surface area (Å²) in [5, 5.41) is 26.3. The highest BCUT2D eigenvalue weighted by Gasteiger charge is 2.51. The lowest BCUT2D eigenvalue weighted by Crippen LogP contribution is -2.50. The van der Waals surface area contributed by atoms with E-state index in [4.69, 9.17) is 9.47 Å². The highest BCUT2D eigenvalue weighted by Crippen LogP contribution is 2.46. The molecule has 0 radical (unpaired) electrons. The van der Waals surface area contributed by atoms with Crippen LogP contribution in [0.25, 0.3) is 0 Å². The van der Waals surface area contributed by atoms with Crippen molar-refractivity contribution in [3.8, 4) is 11.5 Å². The number of aromatic amines is 2. The molecule has 0 spiro atoms. The van der Waals surface area contributed by atoms with Crippen molar-refractivity contribution in [1.29, 1.82) is 0 Å². The number of hydrogen-bond donors (Lipinski definition) is 4. The molecule has 0 aliphatic heterocycles. The van der Waals surface area contributed by atoms with Crippen LogP contribution in [0.4, 0.5) is 0 Å². The quantitative estimate of drug-likeness (QED) is 0.598. The molecule has 0 saturated carbocycles. The molecule has 3 rings (SSSR count). The number of nitrogens with one attached hydrogen (secondary N) is 2. The van der Waals surface area contributed by atoms with Gasteiger partial charge in [-0.3, -0.25) is 14.7 Å². The molecule has 0 fully saturated rings. The van der Waals surface area contributed by atoms with E-state index in [0.29, 0.717) is 16.8 Å². The molecule has 1 heterocycles. The van der Waals surface area contributed by atoms with Gasteiger partial charge in [-0.2, -0.15) is 0 Å². The Kier molecular flexibility index (Phi) is 4.77. The van der Waals surface area contributed by atoms with E-state index in [1.165, 1.54) is 13.2 Å². The minimum absolute atomic E-state index is 0.0617. The molecule has 0 bridgehead atoms. The van der Waals surface area contributed by atoms with E-state index < -0.39 is 23.4 Å². The minimum Gasteiger partial charge on any atom is -0.504 e. The highest BCUT2D eigenvalue weighted by atomic mass is 16.5. The Morgan fingerprint density at radius 3 is 2.67 bits per heavy atom. The van der Waals surface area contributed by atoms with Crippen molar-refractivity contribution in [2.24, 2.45) is 5.92 Å². The second-order valence-corrected chi connectivity index (χ2v) is 7.38. The number of aromatic hydroxyl groups is 1. The van der Waals surface area contributed by atoms with E-state index in [9.17, 15) is 19.8 Å². The van der Waals surface area contributed by atoms with Crippen LogP contribution in [0.15, 0.2) is 23.0 Å². The van der Waals surface area contributed by atoms with Gasteiger partial charge in [0.2, 0.25) is 0 Å². The van der Waals surface area contributed by atoms with Crippen LogP contribution in [0.2, 0.25) is 0 Å². The van der Waals surface area contributed by atoms with Gasteiger partial charge in [0.05, 0.1) is 24.7 Å². The van der Waals surface area contributed by atoms with Crippen LogP contribution in [-0.2, 0) is 16.0 Å². The van der Waals surface area contributed by atoms with Gasteiger partial charge in [-0.15, -0.1) is 0 Å². The Balaban J connectivity index is 2.22. The molecule has 4 N–H and O–H groups in total. The van der Waals surface area contributed by atoms with Gasteiger partial charge in [-0.05, 0) is 38.5 Å². The van der Waals surface area contributed by atoms with Crippen LogP contribution in [-0.4, -0.2) is 45.2 Å². The molecule has 1 aliphatic carbocycles. The zero-order valence-electron chi connectivity index (χ0n) is 15.7. The van der Waals surface area contributed by atoms with Crippen LogP contribution in [0.1, 0.15) is 43.5 Å². The minimum atomic E-state index is -1.44. The SMILES string of the molecule is COc1cc(C2c3c([nH][nH]c3=O)CC(C)(O)C2C(=O)OC(C)C)ccc1O. The normalized spacial score (nSPS) is 24.5. The van der Waals surface area contributed by atoms with Gasteiger partial charge in [0.15, 0.2) is 11.5 Å². The maximum atomic E-state index is 12.9. The Morgan fingerprint density at radius 2 is 2.04 bits per heavy atom. The molecule has 0 saturated heterocycles. The predicted molar refractivity (Wildman–Crippen MR) is 97.0 cm³/mol. The Hall–Kier alpha value is -2.74. The van der Waals surface area contributed by atoms with Gasteiger partial charge >= 0.3 is 5.97 Å². The van der Waals surface area contributed by atoms with E-state index >= 15 is 0 Å². The summed E-state index contributed by atoms with van der Waals surface area (Å²) in [4.78, 5) is 25.4. The van der Waals surface area contributed by atoms with E-state index in [-0.39, 0.29) is 29.6 Å². The number of carbonyl (C=O) groups is 1.